The highest BCUT2D eigenvalue weighted by Crippen LogP contribution is 2.41. The highest BCUT2D eigenvalue weighted by Gasteiger charge is 2.28. The van der Waals surface area contributed by atoms with E-state index < -0.39 is 0 Å². The average Bonchev–Trinajstić information content (AvgIpc) is 2.94. The maximum atomic E-state index is 4.29. The Morgan fingerprint density at radius 3 is 3.00 bits per heavy atom. The Labute approximate surface area is 90.1 Å². The summed E-state index contributed by atoms with van der Waals surface area (Å²) in [4.78, 5) is 4.29. The summed E-state index contributed by atoms with van der Waals surface area (Å²) in [7, 11) is 0. The quantitative estimate of drug-likeness (QED) is 0.743. The monoisotopic (exact) mass is 210 g/mol. The van der Waals surface area contributed by atoms with Crippen LogP contribution in [-0.2, 0) is 0 Å². The second-order valence-corrected chi connectivity index (χ2v) is 4.93. The van der Waals surface area contributed by atoms with E-state index in [0.717, 1.165) is 5.92 Å². The maximum absolute atomic E-state index is 4.29. The number of rotatable bonds is 5. The number of hydrogen-bond acceptors (Lipinski definition) is 2. The van der Waals surface area contributed by atoms with E-state index in [4.69, 9.17) is 0 Å². The van der Waals surface area contributed by atoms with Gasteiger partial charge >= 0.3 is 0 Å². The molecule has 2 rings (SSSR count). The summed E-state index contributed by atoms with van der Waals surface area (Å²) in [5.74, 6) is 2.01. The van der Waals surface area contributed by atoms with E-state index in [1.54, 1.807) is 0 Å². The largest absolute Gasteiger partial charge is 0.330 e. The summed E-state index contributed by atoms with van der Waals surface area (Å²) >= 11 is 1.92. The lowest BCUT2D eigenvalue weighted by Crippen LogP contribution is -2.12. The lowest BCUT2D eigenvalue weighted by Gasteiger charge is -2.18. The lowest BCUT2D eigenvalue weighted by atomic mass is 10.2. The molecule has 1 fully saturated rings. The molecule has 1 aromatic heterocycles. The molecule has 1 atom stereocenters. The lowest BCUT2D eigenvalue weighted by molar-refractivity contribution is 0.520. The Morgan fingerprint density at radius 2 is 2.43 bits per heavy atom. The van der Waals surface area contributed by atoms with E-state index in [9.17, 15) is 0 Å². The Hall–Kier alpha value is -0.440. The zero-order valence-electron chi connectivity index (χ0n) is 8.94. The van der Waals surface area contributed by atoms with Gasteiger partial charge in [0.05, 0.1) is 6.33 Å². The van der Waals surface area contributed by atoms with Crippen molar-refractivity contribution >= 4 is 11.8 Å². The van der Waals surface area contributed by atoms with Crippen LogP contribution in [0.1, 0.15) is 43.8 Å². The van der Waals surface area contributed by atoms with Gasteiger partial charge in [0, 0.05) is 29.6 Å². The predicted octanol–water partition coefficient (Wildman–Crippen LogP) is 3.07. The van der Waals surface area contributed by atoms with Gasteiger partial charge in [0.25, 0.3) is 0 Å². The van der Waals surface area contributed by atoms with Gasteiger partial charge in [0.1, 0.15) is 0 Å². The molecule has 14 heavy (non-hydrogen) atoms. The molecular formula is C11H18N2S. The van der Waals surface area contributed by atoms with E-state index in [0.29, 0.717) is 6.04 Å². The van der Waals surface area contributed by atoms with Gasteiger partial charge in [-0.25, -0.2) is 4.98 Å². The van der Waals surface area contributed by atoms with Crippen molar-refractivity contribution in [2.24, 2.45) is 0 Å². The highest BCUT2D eigenvalue weighted by molar-refractivity contribution is 7.98. The molecule has 1 aliphatic carbocycles. The van der Waals surface area contributed by atoms with Crippen LogP contribution in [-0.4, -0.2) is 21.6 Å². The van der Waals surface area contributed by atoms with Gasteiger partial charge in [0.2, 0.25) is 0 Å². The zero-order chi connectivity index (χ0) is 9.97. The summed E-state index contributed by atoms with van der Waals surface area (Å²) in [5.41, 5.74) is 1.46. The van der Waals surface area contributed by atoms with Crippen LogP contribution in [0.4, 0.5) is 0 Å². The molecule has 78 valence electrons. The van der Waals surface area contributed by atoms with Crippen molar-refractivity contribution in [3.8, 4) is 0 Å². The van der Waals surface area contributed by atoms with Crippen molar-refractivity contribution in [2.75, 3.05) is 12.0 Å². The second kappa shape index (κ2) is 4.39. The fourth-order valence-corrected chi connectivity index (χ4v) is 2.68. The van der Waals surface area contributed by atoms with Gasteiger partial charge < -0.3 is 4.57 Å². The average molecular weight is 210 g/mol. The molecule has 1 saturated carbocycles. The molecule has 2 nitrogen and oxygen atoms in total. The third kappa shape index (κ3) is 1.97. The summed E-state index contributed by atoms with van der Waals surface area (Å²) in [5, 5.41) is 0. The Kier molecular flexibility index (Phi) is 3.16. The van der Waals surface area contributed by atoms with Crippen LogP contribution in [0.25, 0.3) is 0 Å². The fraction of sp³-hybridized carbons (Fsp3) is 0.727. The molecule has 0 bridgehead atoms. The minimum Gasteiger partial charge on any atom is -0.330 e. The Morgan fingerprint density at radius 1 is 1.64 bits per heavy atom. The van der Waals surface area contributed by atoms with Gasteiger partial charge in [-0.05, 0) is 25.5 Å². The third-order valence-corrected chi connectivity index (χ3v) is 3.63. The van der Waals surface area contributed by atoms with Crippen molar-refractivity contribution in [1.82, 2.24) is 9.55 Å². The smallest absolute Gasteiger partial charge is 0.0951 e. The molecule has 1 aromatic rings. The van der Waals surface area contributed by atoms with Crippen molar-refractivity contribution in [1.29, 1.82) is 0 Å². The van der Waals surface area contributed by atoms with Gasteiger partial charge in [-0.15, -0.1) is 0 Å². The molecule has 0 radical (unpaired) electrons. The van der Waals surface area contributed by atoms with Crippen LogP contribution in [0, 0.1) is 0 Å². The van der Waals surface area contributed by atoms with Crippen LogP contribution in [0.3, 0.4) is 0 Å². The van der Waals surface area contributed by atoms with Crippen molar-refractivity contribution < 1.29 is 0 Å². The predicted molar refractivity (Wildman–Crippen MR) is 61.9 cm³/mol. The fourth-order valence-electron chi connectivity index (χ4n) is 1.90. The first kappa shape index (κ1) is 10.1. The molecule has 0 amide bonds. The SMILES string of the molecule is CCC(CSC)n1cncc1C1CC1. The number of hydrogen-bond donors (Lipinski definition) is 0. The normalized spacial score (nSPS) is 18.4. The minimum absolute atomic E-state index is 0.642. The van der Waals surface area contributed by atoms with Crippen LogP contribution < -0.4 is 0 Å². The molecule has 0 aliphatic heterocycles. The summed E-state index contributed by atoms with van der Waals surface area (Å²) < 4.78 is 2.40. The van der Waals surface area contributed by atoms with Crippen LogP contribution in [0.15, 0.2) is 12.5 Å². The first-order chi connectivity index (χ1) is 6.86. The van der Waals surface area contributed by atoms with Gasteiger partial charge in [-0.1, -0.05) is 6.92 Å². The number of thioether (sulfide) groups is 1. The van der Waals surface area contributed by atoms with E-state index in [-0.39, 0.29) is 0 Å². The Bertz CT molecular complexity index is 291. The minimum atomic E-state index is 0.642. The third-order valence-electron chi connectivity index (χ3n) is 2.92. The Balaban J connectivity index is 2.15. The maximum Gasteiger partial charge on any atom is 0.0951 e. The highest BCUT2D eigenvalue weighted by atomic mass is 32.2. The second-order valence-electron chi connectivity index (χ2n) is 4.02. The zero-order valence-corrected chi connectivity index (χ0v) is 9.76. The molecule has 1 unspecified atom stereocenters. The molecular weight excluding hydrogens is 192 g/mol. The molecule has 3 heteroatoms. The molecule has 0 N–H and O–H groups in total. The van der Waals surface area contributed by atoms with Gasteiger partial charge in [-0.2, -0.15) is 11.8 Å². The van der Waals surface area contributed by atoms with Crippen molar-refractivity contribution in [2.45, 2.75) is 38.1 Å². The van der Waals surface area contributed by atoms with Crippen LogP contribution in [0.2, 0.25) is 0 Å². The van der Waals surface area contributed by atoms with Crippen LogP contribution >= 0.6 is 11.8 Å². The van der Waals surface area contributed by atoms with E-state index in [1.807, 2.05) is 18.1 Å². The summed E-state index contributed by atoms with van der Waals surface area (Å²) in [6.07, 6.45) is 10.2. The molecule has 1 aliphatic rings. The van der Waals surface area contributed by atoms with Crippen molar-refractivity contribution in [3.63, 3.8) is 0 Å². The molecule has 0 aromatic carbocycles. The van der Waals surface area contributed by atoms with Crippen LogP contribution in [0.5, 0.6) is 0 Å². The van der Waals surface area contributed by atoms with E-state index in [1.165, 1.54) is 30.7 Å². The summed E-state index contributed by atoms with van der Waals surface area (Å²) in [6, 6.07) is 0.642. The first-order valence-corrected chi connectivity index (χ1v) is 6.76. The van der Waals surface area contributed by atoms with Crippen molar-refractivity contribution in [3.05, 3.63) is 18.2 Å². The van der Waals surface area contributed by atoms with E-state index in [2.05, 4.69) is 28.9 Å². The topological polar surface area (TPSA) is 17.8 Å². The molecule has 1 heterocycles. The first-order valence-electron chi connectivity index (χ1n) is 5.37. The number of imidazole rings is 1. The summed E-state index contributed by atoms with van der Waals surface area (Å²) in [6.45, 7) is 2.26. The standard InChI is InChI=1S/C11H18N2S/c1-3-10(7-14-2)13-8-12-6-11(13)9-4-5-9/h6,8-10H,3-5,7H2,1-2H3. The van der Waals surface area contributed by atoms with Gasteiger partial charge in [-0.3, -0.25) is 0 Å². The van der Waals surface area contributed by atoms with Gasteiger partial charge in [0.15, 0.2) is 0 Å². The number of aromatic nitrogens is 2. The molecule has 0 saturated heterocycles. The van der Waals surface area contributed by atoms with E-state index >= 15 is 0 Å². The number of nitrogens with zero attached hydrogens (tertiary/aromatic N) is 2. The molecule has 0 spiro atoms.